The molecule has 0 bridgehead atoms. The number of hydrogen-bond donors (Lipinski definition) is 2. The second-order valence-corrected chi connectivity index (χ2v) is 10.5. The van der Waals surface area contributed by atoms with Crippen LogP contribution in [0.5, 0.6) is 0 Å². The van der Waals surface area contributed by atoms with Crippen molar-refractivity contribution < 1.29 is 4.79 Å². The van der Waals surface area contributed by atoms with E-state index in [-0.39, 0.29) is 17.6 Å². The Morgan fingerprint density at radius 3 is 2.61 bits per heavy atom. The zero-order chi connectivity index (χ0) is 26.4. The molecule has 0 spiro atoms. The summed E-state index contributed by atoms with van der Waals surface area (Å²) in [5.41, 5.74) is 5.12. The molecule has 0 saturated heterocycles. The highest BCUT2D eigenvalue weighted by Crippen LogP contribution is 2.28. The fraction of sp³-hybridized carbons (Fsp3) is 0.321. The zero-order valence-electron chi connectivity index (χ0n) is 21.2. The van der Waals surface area contributed by atoms with Gasteiger partial charge in [-0.3, -0.25) is 24.0 Å². The molecule has 0 radical (unpaired) electrons. The van der Waals surface area contributed by atoms with Crippen LogP contribution in [-0.2, 0) is 6.54 Å². The molecule has 194 valence electrons. The van der Waals surface area contributed by atoms with Gasteiger partial charge in [-0.2, -0.15) is 5.10 Å². The number of para-hydroxylation sites is 2. The molecule has 6 rings (SSSR count). The number of fused-ring (bicyclic) bond motifs is 2. The second-order valence-electron chi connectivity index (χ2n) is 10.1. The first-order chi connectivity index (χ1) is 18.4. The quantitative estimate of drug-likeness (QED) is 0.342. The lowest BCUT2D eigenvalue weighted by molar-refractivity contribution is 0.0919. The number of nitrogens with one attached hydrogen (secondary N) is 2. The minimum atomic E-state index is -0.140. The van der Waals surface area contributed by atoms with E-state index in [0.717, 1.165) is 53.5 Å². The summed E-state index contributed by atoms with van der Waals surface area (Å²) in [5, 5.41) is 11.6. The highest BCUT2D eigenvalue weighted by molar-refractivity contribution is 6.30. The Morgan fingerprint density at radius 1 is 1.05 bits per heavy atom. The number of nitrogens with zero attached hydrogens (tertiary/aromatic N) is 5. The van der Waals surface area contributed by atoms with E-state index in [9.17, 15) is 9.59 Å². The van der Waals surface area contributed by atoms with Gasteiger partial charge in [-0.1, -0.05) is 23.7 Å². The second kappa shape index (κ2) is 9.72. The highest BCUT2D eigenvalue weighted by atomic mass is 35.5. The van der Waals surface area contributed by atoms with Gasteiger partial charge in [-0.25, -0.2) is 9.78 Å². The van der Waals surface area contributed by atoms with Gasteiger partial charge in [0.05, 0.1) is 44.9 Å². The number of rotatable bonds is 5. The molecule has 1 saturated carbocycles. The van der Waals surface area contributed by atoms with E-state index in [1.54, 1.807) is 30.0 Å². The van der Waals surface area contributed by atoms with Gasteiger partial charge in [0.15, 0.2) is 5.65 Å². The van der Waals surface area contributed by atoms with Crippen LogP contribution < -0.4 is 11.0 Å². The Hall–Kier alpha value is -3.98. The first kappa shape index (κ1) is 24.4. The van der Waals surface area contributed by atoms with Crippen molar-refractivity contribution in [3.63, 3.8) is 0 Å². The predicted molar refractivity (Wildman–Crippen MR) is 147 cm³/mol. The van der Waals surface area contributed by atoms with E-state index in [0.29, 0.717) is 34.4 Å². The summed E-state index contributed by atoms with van der Waals surface area (Å²) in [6.45, 7) is 4.35. The smallest absolute Gasteiger partial charge is 0.333 e. The average molecular weight is 530 g/mol. The van der Waals surface area contributed by atoms with Crippen molar-refractivity contribution in [2.24, 2.45) is 5.92 Å². The minimum absolute atomic E-state index is 0.0761. The number of amides is 1. The molecular formula is C28H28ClN7O2. The average Bonchev–Trinajstić information content (AvgIpc) is 3.43. The molecule has 4 heterocycles. The molecule has 10 heteroatoms. The molecule has 2 N–H and O–H groups in total. The Bertz CT molecular complexity index is 1730. The van der Waals surface area contributed by atoms with Gasteiger partial charge in [0.1, 0.15) is 0 Å². The maximum Gasteiger partial charge on any atom is 0.333 e. The van der Waals surface area contributed by atoms with Crippen LogP contribution >= 0.6 is 11.6 Å². The summed E-state index contributed by atoms with van der Waals surface area (Å²) in [7, 11) is 0. The fourth-order valence-electron chi connectivity index (χ4n) is 5.52. The van der Waals surface area contributed by atoms with Crippen molar-refractivity contribution >= 4 is 39.6 Å². The van der Waals surface area contributed by atoms with Crippen LogP contribution in [0.2, 0.25) is 5.02 Å². The van der Waals surface area contributed by atoms with Gasteiger partial charge in [0.25, 0.3) is 5.91 Å². The van der Waals surface area contributed by atoms with Crippen LogP contribution in [0.1, 0.15) is 47.4 Å². The summed E-state index contributed by atoms with van der Waals surface area (Å²) in [5.74, 6) is 0.199. The van der Waals surface area contributed by atoms with Crippen molar-refractivity contribution in [1.82, 2.24) is 34.6 Å². The van der Waals surface area contributed by atoms with Crippen LogP contribution in [0.15, 0.2) is 53.6 Å². The largest absolute Gasteiger partial charge is 0.349 e. The summed E-state index contributed by atoms with van der Waals surface area (Å²) in [6.07, 6.45) is 6.82. The number of carbonyl (C=O) groups is 1. The molecule has 0 atom stereocenters. The number of aromatic nitrogens is 6. The summed E-state index contributed by atoms with van der Waals surface area (Å²) >= 11 is 6.04. The molecule has 9 nitrogen and oxygen atoms in total. The van der Waals surface area contributed by atoms with E-state index < -0.39 is 0 Å². The van der Waals surface area contributed by atoms with Gasteiger partial charge in [-0.05, 0) is 69.7 Å². The molecular weight excluding hydrogens is 502 g/mol. The third kappa shape index (κ3) is 4.36. The molecule has 0 aliphatic heterocycles. The molecule has 4 aromatic heterocycles. The van der Waals surface area contributed by atoms with Gasteiger partial charge in [-0.15, -0.1) is 0 Å². The molecule has 38 heavy (non-hydrogen) atoms. The number of aryl methyl sites for hydroxylation is 2. The van der Waals surface area contributed by atoms with Gasteiger partial charge in [0.2, 0.25) is 0 Å². The van der Waals surface area contributed by atoms with Gasteiger partial charge < -0.3 is 5.32 Å². The Labute approximate surface area is 223 Å². The third-order valence-corrected chi connectivity index (χ3v) is 7.81. The van der Waals surface area contributed by atoms with Gasteiger partial charge >= 0.3 is 5.69 Å². The van der Waals surface area contributed by atoms with Crippen LogP contribution in [0.4, 0.5) is 0 Å². The number of H-pyrrole nitrogens is 1. The highest BCUT2D eigenvalue weighted by Gasteiger charge is 2.26. The number of hydrogen-bond acceptors (Lipinski definition) is 5. The van der Waals surface area contributed by atoms with Crippen LogP contribution in [-0.4, -0.2) is 41.2 Å². The van der Waals surface area contributed by atoms with Crippen LogP contribution in [0.25, 0.3) is 27.8 Å². The monoisotopic (exact) mass is 529 g/mol. The van der Waals surface area contributed by atoms with Crippen molar-refractivity contribution in [3.05, 3.63) is 81.3 Å². The Morgan fingerprint density at radius 2 is 1.82 bits per heavy atom. The predicted octanol–water partition coefficient (Wildman–Crippen LogP) is 4.72. The lowest BCUT2D eigenvalue weighted by Crippen LogP contribution is -2.39. The third-order valence-electron chi connectivity index (χ3n) is 7.61. The Kier molecular flexibility index (Phi) is 6.23. The lowest BCUT2D eigenvalue weighted by atomic mass is 9.85. The molecule has 1 amide bonds. The van der Waals surface area contributed by atoms with E-state index in [4.69, 9.17) is 11.6 Å². The molecule has 1 aromatic carbocycles. The van der Waals surface area contributed by atoms with Crippen molar-refractivity contribution in [3.8, 4) is 5.69 Å². The molecule has 0 unspecified atom stereocenters. The number of halogens is 1. The fourth-order valence-corrected chi connectivity index (χ4v) is 5.68. The summed E-state index contributed by atoms with van der Waals surface area (Å²) in [4.78, 5) is 35.2. The van der Waals surface area contributed by atoms with E-state index in [1.807, 2.05) is 41.8 Å². The van der Waals surface area contributed by atoms with Crippen molar-refractivity contribution in [2.75, 3.05) is 0 Å². The molecule has 1 fully saturated rings. The number of imidazole rings is 1. The summed E-state index contributed by atoms with van der Waals surface area (Å²) < 4.78 is 3.62. The molecule has 1 aliphatic rings. The van der Waals surface area contributed by atoms with E-state index in [2.05, 4.69) is 25.5 Å². The Balaban J connectivity index is 1.21. The molecule has 1 aliphatic carbocycles. The molecule has 5 aromatic rings. The normalized spacial score (nSPS) is 17.8. The van der Waals surface area contributed by atoms with Gasteiger partial charge in [0, 0.05) is 24.2 Å². The first-order valence-electron chi connectivity index (χ1n) is 12.8. The number of aromatic amines is 1. The minimum Gasteiger partial charge on any atom is -0.349 e. The topological polar surface area (TPSA) is 110 Å². The first-order valence-corrected chi connectivity index (χ1v) is 13.2. The summed E-state index contributed by atoms with van der Waals surface area (Å²) in [6, 6.07) is 11.6. The lowest BCUT2D eigenvalue weighted by Gasteiger charge is -2.29. The van der Waals surface area contributed by atoms with Crippen LogP contribution in [0, 0.1) is 19.8 Å². The SMILES string of the molecule is Cc1ncc(Cl)cc1C(=O)N[C@H]1CC[C@H](Cn2c(=O)n(-c3cnc4[nH]nc(C)c4c3)c3ccccc32)CC1. The van der Waals surface area contributed by atoms with E-state index >= 15 is 0 Å². The number of pyridine rings is 2. The maximum atomic E-state index is 13.7. The van der Waals surface area contributed by atoms with Crippen molar-refractivity contribution in [1.29, 1.82) is 0 Å². The van der Waals surface area contributed by atoms with Crippen LogP contribution in [0.3, 0.4) is 0 Å². The number of benzene rings is 1. The number of carbonyl (C=O) groups excluding carboxylic acids is 1. The van der Waals surface area contributed by atoms with E-state index in [1.165, 1.54) is 0 Å². The zero-order valence-corrected chi connectivity index (χ0v) is 22.0. The maximum absolute atomic E-state index is 13.7. The van der Waals surface area contributed by atoms with Crippen molar-refractivity contribution in [2.45, 2.75) is 52.1 Å². The standard InChI is InChI=1S/C28H28ClN7O2/c1-16-23(11-19(29)13-30-16)27(37)32-20-9-7-18(8-10-20)15-35-24-5-3-4-6-25(24)36(28(35)38)21-12-22-17(2)33-34-26(22)31-14-21/h3-6,11-14,18,20H,7-10,15H2,1-2H3,(H,32,37)(H,31,33,34)/t18-,20-.